The molecule has 1 aliphatic rings. The SMILES string of the molecule is C#CC(CC)(CC)NC(=O)CN1CCN(S(=O)(=O)c2ccccc2)CC1. The van der Waals surface area contributed by atoms with Crippen LogP contribution < -0.4 is 5.32 Å². The van der Waals surface area contributed by atoms with Crippen LogP contribution >= 0.6 is 0 Å². The first-order chi connectivity index (χ1) is 12.4. The van der Waals surface area contributed by atoms with Crippen molar-refractivity contribution in [1.82, 2.24) is 14.5 Å². The van der Waals surface area contributed by atoms with Gasteiger partial charge in [-0.3, -0.25) is 9.69 Å². The molecule has 1 aliphatic heterocycles. The molecule has 0 aliphatic carbocycles. The van der Waals surface area contributed by atoms with Crippen LogP contribution in [0.2, 0.25) is 0 Å². The van der Waals surface area contributed by atoms with Crippen LogP contribution in [0, 0.1) is 12.3 Å². The van der Waals surface area contributed by atoms with Crippen LogP contribution in [0.3, 0.4) is 0 Å². The highest BCUT2D eigenvalue weighted by atomic mass is 32.2. The van der Waals surface area contributed by atoms with Crippen LogP contribution in [0.1, 0.15) is 26.7 Å². The van der Waals surface area contributed by atoms with Crippen LogP contribution in [0.15, 0.2) is 35.2 Å². The average molecular weight is 378 g/mol. The number of hydrogen-bond acceptors (Lipinski definition) is 4. The molecule has 0 spiro atoms. The third-order valence-corrected chi connectivity index (χ3v) is 6.85. The van der Waals surface area contributed by atoms with Crippen molar-refractivity contribution < 1.29 is 13.2 Å². The molecule has 0 unspecified atom stereocenters. The van der Waals surface area contributed by atoms with Crippen molar-refractivity contribution in [1.29, 1.82) is 0 Å². The molecule has 0 saturated carbocycles. The standard InChI is InChI=1S/C19H27N3O3S/c1-4-19(5-2,6-3)20-18(23)16-21-12-14-22(15-13-21)26(24,25)17-10-8-7-9-11-17/h1,7-11H,5-6,12-16H2,2-3H3,(H,20,23). The van der Waals surface area contributed by atoms with Crippen molar-refractivity contribution in [2.75, 3.05) is 32.7 Å². The summed E-state index contributed by atoms with van der Waals surface area (Å²) < 4.78 is 26.7. The second-order valence-electron chi connectivity index (χ2n) is 6.48. The molecule has 1 N–H and O–H groups in total. The Labute approximate surface area is 156 Å². The highest BCUT2D eigenvalue weighted by Gasteiger charge is 2.30. The highest BCUT2D eigenvalue weighted by Crippen LogP contribution is 2.17. The Kier molecular flexibility index (Phi) is 6.81. The minimum Gasteiger partial charge on any atom is -0.339 e. The van der Waals surface area contributed by atoms with Crippen molar-refractivity contribution in [3.8, 4) is 12.3 Å². The van der Waals surface area contributed by atoms with E-state index in [0.717, 1.165) is 0 Å². The number of carbonyl (C=O) groups excluding carboxylic acids is 1. The monoisotopic (exact) mass is 377 g/mol. The summed E-state index contributed by atoms with van der Waals surface area (Å²) in [6.07, 6.45) is 6.93. The van der Waals surface area contributed by atoms with Crippen molar-refractivity contribution in [2.24, 2.45) is 0 Å². The average Bonchev–Trinajstić information content (AvgIpc) is 2.67. The van der Waals surface area contributed by atoms with Crippen LogP contribution in [-0.2, 0) is 14.8 Å². The lowest BCUT2D eigenvalue weighted by Gasteiger charge is -2.34. The number of nitrogens with zero attached hydrogens (tertiary/aromatic N) is 2. The van der Waals surface area contributed by atoms with Gasteiger partial charge in [0.2, 0.25) is 15.9 Å². The molecule has 1 amide bonds. The number of hydrogen-bond donors (Lipinski definition) is 1. The first kappa shape index (κ1) is 20.4. The van der Waals surface area contributed by atoms with Crippen LogP contribution in [0.5, 0.6) is 0 Å². The molecule has 1 aromatic rings. The molecule has 1 saturated heterocycles. The number of sulfonamides is 1. The van der Waals surface area contributed by atoms with E-state index >= 15 is 0 Å². The number of benzene rings is 1. The van der Waals surface area contributed by atoms with Crippen LogP contribution in [0.25, 0.3) is 0 Å². The van der Waals surface area contributed by atoms with Crippen LogP contribution in [0.4, 0.5) is 0 Å². The fraction of sp³-hybridized carbons (Fsp3) is 0.526. The molecular weight excluding hydrogens is 350 g/mol. The Morgan fingerprint density at radius 2 is 1.73 bits per heavy atom. The van der Waals surface area contributed by atoms with E-state index in [-0.39, 0.29) is 12.5 Å². The predicted molar refractivity (Wildman–Crippen MR) is 102 cm³/mol. The lowest BCUT2D eigenvalue weighted by Crippen LogP contribution is -2.54. The molecule has 0 aromatic heterocycles. The van der Waals surface area contributed by atoms with Gasteiger partial charge in [-0.15, -0.1) is 6.42 Å². The number of nitrogens with one attached hydrogen (secondary N) is 1. The first-order valence-electron chi connectivity index (χ1n) is 8.93. The lowest BCUT2D eigenvalue weighted by molar-refractivity contribution is -0.123. The van der Waals surface area contributed by atoms with E-state index in [4.69, 9.17) is 6.42 Å². The van der Waals surface area contributed by atoms with Gasteiger partial charge >= 0.3 is 0 Å². The van der Waals surface area contributed by atoms with Gasteiger partial charge in [-0.2, -0.15) is 4.31 Å². The maximum atomic E-state index is 12.6. The van der Waals surface area contributed by atoms with Gasteiger partial charge in [-0.05, 0) is 25.0 Å². The topological polar surface area (TPSA) is 69.7 Å². The van der Waals surface area contributed by atoms with Crippen molar-refractivity contribution >= 4 is 15.9 Å². The molecule has 1 fully saturated rings. The fourth-order valence-electron chi connectivity index (χ4n) is 3.05. The van der Waals surface area contributed by atoms with Gasteiger partial charge < -0.3 is 5.32 Å². The van der Waals surface area contributed by atoms with E-state index in [2.05, 4.69) is 11.2 Å². The first-order valence-corrected chi connectivity index (χ1v) is 10.4. The van der Waals surface area contributed by atoms with Gasteiger partial charge in [-0.1, -0.05) is 38.0 Å². The summed E-state index contributed by atoms with van der Waals surface area (Å²) in [5, 5.41) is 2.95. The maximum absolute atomic E-state index is 12.6. The molecule has 142 valence electrons. The van der Waals surface area contributed by atoms with Gasteiger partial charge in [0.1, 0.15) is 5.54 Å². The largest absolute Gasteiger partial charge is 0.339 e. The van der Waals surface area contributed by atoms with Gasteiger partial charge in [0.25, 0.3) is 0 Å². The van der Waals surface area contributed by atoms with E-state index in [1.807, 2.05) is 18.7 Å². The molecule has 6 nitrogen and oxygen atoms in total. The third kappa shape index (κ3) is 4.64. The van der Waals surface area contributed by atoms with Gasteiger partial charge in [0.15, 0.2) is 0 Å². The minimum absolute atomic E-state index is 0.119. The molecule has 0 atom stereocenters. The second-order valence-corrected chi connectivity index (χ2v) is 8.41. The van der Waals surface area contributed by atoms with E-state index in [9.17, 15) is 13.2 Å². The number of piperazine rings is 1. The molecular formula is C19H27N3O3S. The number of carbonyl (C=O) groups is 1. The lowest BCUT2D eigenvalue weighted by atomic mass is 9.94. The summed E-state index contributed by atoms with van der Waals surface area (Å²) in [4.78, 5) is 14.6. The molecule has 7 heteroatoms. The van der Waals surface area contributed by atoms with Crippen molar-refractivity contribution in [2.45, 2.75) is 37.1 Å². The zero-order valence-electron chi connectivity index (χ0n) is 15.4. The second kappa shape index (κ2) is 8.67. The van der Waals surface area contributed by atoms with E-state index < -0.39 is 15.6 Å². The van der Waals surface area contributed by atoms with Gasteiger partial charge in [-0.25, -0.2) is 8.42 Å². The number of terminal acetylenes is 1. The zero-order chi connectivity index (χ0) is 19.2. The Hall–Kier alpha value is -1.88. The maximum Gasteiger partial charge on any atom is 0.243 e. The molecule has 0 bridgehead atoms. The van der Waals surface area contributed by atoms with E-state index in [1.54, 1.807) is 30.3 Å². The summed E-state index contributed by atoms with van der Waals surface area (Å²) in [6.45, 7) is 5.90. The summed E-state index contributed by atoms with van der Waals surface area (Å²) in [5.74, 6) is 2.57. The van der Waals surface area contributed by atoms with E-state index in [0.29, 0.717) is 43.9 Å². The molecule has 1 heterocycles. The number of amides is 1. The zero-order valence-corrected chi connectivity index (χ0v) is 16.3. The summed E-state index contributed by atoms with van der Waals surface area (Å²) in [5.41, 5.74) is -0.602. The smallest absolute Gasteiger partial charge is 0.243 e. The quantitative estimate of drug-likeness (QED) is 0.727. The summed E-state index contributed by atoms with van der Waals surface area (Å²) in [6, 6.07) is 8.42. The predicted octanol–water partition coefficient (Wildman–Crippen LogP) is 1.30. The summed E-state index contributed by atoms with van der Waals surface area (Å²) in [7, 11) is -3.48. The minimum atomic E-state index is -3.48. The third-order valence-electron chi connectivity index (χ3n) is 4.94. The Morgan fingerprint density at radius 1 is 1.15 bits per heavy atom. The van der Waals surface area contributed by atoms with Crippen molar-refractivity contribution in [3.63, 3.8) is 0 Å². The van der Waals surface area contributed by atoms with Crippen molar-refractivity contribution in [3.05, 3.63) is 30.3 Å². The molecule has 1 aromatic carbocycles. The fourth-order valence-corrected chi connectivity index (χ4v) is 4.49. The van der Waals surface area contributed by atoms with Gasteiger partial charge in [0.05, 0.1) is 11.4 Å². The van der Waals surface area contributed by atoms with Crippen LogP contribution in [-0.4, -0.2) is 61.8 Å². The van der Waals surface area contributed by atoms with Gasteiger partial charge in [0, 0.05) is 26.2 Å². The Balaban J connectivity index is 1.91. The molecule has 0 radical (unpaired) electrons. The Morgan fingerprint density at radius 3 is 2.23 bits per heavy atom. The number of rotatable bonds is 7. The molecule has 2 rings (SSSR count). The Bertz CT molecular complexity index is 744. The summed E-state index contributed by atoms with van der Waals surface area (Å²) >= 11 is 0. The van der Waals surface area contributed by atoms with E-state index in [1.165, 1.54) is 4.31 Å². The highest BCUT2D eigenvalue weighted by molar-refractivity contribution is 7.89. The normalized spacial score (nSPS) is 16.8. The molecule has 26 heavy (non-hydrogen) atoms.